The number of fused-ring (bicyclic) bond motifs is 3. The fourth-order valence-corrected chi connectivity index (χ4v) is 3.10. The minimum atomic E-state index is -4.49. The van der Waals surface area contributed by atoms with Gasteiger partial charge in [-0.25, -0.2) is 4.79 Å². The zero-order valence-electron chi connectivity index (χ0n) is 13.2. The molecule has 1 fully saturated rings. The predicted molar refractivity (Wildman–Crippen MR) is 83.8 cm³/mol. The van der Waals surface area contributed by atoms with E-state index < -0.39 is 30.1 Å². The van der Waals surface area contributed by atoms with Gasteiger partial charge in [-0.05, 0) is 23.8 Å². The van der Waals surface area contributed by atoms with E-state index in [9.17, 15) is 23.1 Å². The molecule has 26 heavy (non-hydrogen) atoms. The Kier molecular flexibility index (Phi) is 3.76. The first-order chi connectivity index (χ1) is 12.4. The maximum Gasteiger partial charge on any atom is 0.433 e. The normalized spacial score (nSPS) is 21.7. The Morgan fingerprint density at radius 3 is 2.65 bits per heavy atom. The summed E-state index contributed by atoms with van der Waals surface area (Å²) in [6.45, 7) is -0.153. The molecule has 6 nitrogen and oxygen atoms in total. The predicted octanol–water partition coefficient (Wildman–Crippen LogP) is 2.85. The van der Waals surface area contributed by atoms with Gasteiger partial charge in [0.2, 0.25) is 0 Å². The number of hydrogen-bond donors (Lipinski definition) is 1. The van der Waals surface area contributed by atoms with E-state index in [0.717, 1.165) is 12.3 Å². The number of aliphatic hydroxyl groups is 1. The second-order valence-electron chi connectivity index (χ2n) is 5.97. The lowest BCUT2D eigenvalue weighted by Gasteiger charge is -2.31. The van der Waals surface area contributed by atoms with Crippen molar-refractivity contribution < 1.29 is 32.5 Å². The van der Waals surface area contributed by atoms with Crippen LogP contribution in [0.3, 0.4) is 0 Å². The molecule has 0 spiro atoms. The minimum Gasteiger partial charge on any atom is -0.489 e. The first kappa shape index (κ1) is 16.6. The molecule has 1 amide bonds. The maximum absolute atomic E-state index is 12.6. The first-order valence-electron chi connectivity index (χ1n) is 7.79. The molecule has 0 unspecified atom stereocenters. The van der Waals surface area contributed by atoms with Gasteiger partial charge in [0.1, 0.15) is 24.1 Å². The molecule has 1 N–H and O–H groups in total. The molecular formula is C17H13F3N2O4. The lowest BCUT2D eigenvalue weighted by atomic mass is 10.0. The Morgan fingerprint density at radius 2 is 2.00 bits per heavy atom. The average Bonchev–Trinajstić information content (AvgIpc) is 2.97. The highest BCUT2D eigenvalue weighted by atomic mass is 19.4. The molecule has 2 aliphatic heterocycles. The van der Waals surface area contributed by atoms with Crippen LogP contribution in [0.25, 0.3) is 11.1 Å². The van der Waals surface area contributed by atoms with Crippen LogP contribution >= 0.6 is 0 Å². The molecule has 2 aliphatic rings. The average molecular weight is 366 g/mol. The molecule has 1 aromatic heterocycles. The van der Waals surface area contributed by atoms with Crippen molar-refractivity contribution in [1.29, 1.82) is 0 Å². The highest BCUT2D eigenvalue weighted by Crippen LogP contribution is 2.41. The number of hydrogen-bond acceptors (Lipinski definition) is 5. The molecule has 2 atom stereocenters. The van der Waals surface area contributed by atoms with E-state index in [-0.39, 0.29) is 13.2 Å². The Labute approximate surface area is 145 Å². The Balaban J connectivity index is 1.66. The first-order valence-corrected chi connectivity index (χ1v) is 7.79. The number of rotatable bonds is 2. The molecule has 9 heteroatoms. The van der Waals surface area contributed by atoms with Crippen LogP contribution in [0.2, 0.25) is 0 Å². The van der Waals surface area contributed by atoms with E-state index in [1.54, 1.807) is 18.2 Å². The third-order valence-corrected chi connectivity index (χ3v) is 4.41. The van der Waals surface area contributed by atoms with Gasteiger partial charge >= 0.3 is 12.3 Å². The molecule has 136 valence electrons. The molecule has 2 aromatic rings. The molecule has 1 saturated heterocycles. The van der Waals surface area contributed by atoms with Gasteiger partial charge < -0.3 is 14.6 Å². The van der Waals surface area contributed by atoms with Gasteiger partial charge in [0.25, 0.3) is 0 Å². The summed E-state index contributed by atoms with van der Waals surface area (Å²) in [4.78, 5) is 16.9. The molecule has 0 radical (unpaired) electrons. The molecule has 1 aromatic carbocycles. The quantitative estimate of drug-likeness (QED) is 0.885. The summed E-state index contributed by atoms with van der Waals surface area (Å²) < 4.78 is 48.6. The fourth-order valence-electron chi connectivity index (χ4n) is 3.10. The smallest absolute Gasteiger partial charge is 0.433 e. The highest BCUT2D eigenvalue weighted by Gasteiger charge is 2.46. The third-order valence-electron chi connectivity index (χ3n) is 4.41. The number of ether oxygens (including phenoxy) is 2. The number of benzene rings is 1. The van der Waals surface area contributed by atoms with Crippen molar-refractivity contribution in [2.45, 2.75) is 18.3 Å². The van der Waals surface area contributed by atoms with Gasteiger partial charge in [-0.1, -0.05) is 12.1 Å². The van der Waals surface area contributed by atoms with E-state index in [2.05, 4.69) is 4.98 Å². The van der Waals surface area contributed by atoms with E-state index >= 15 is 0 Å². The van der Waals surface area contributed by atoms with Crippen LogP contribution in [0.15, 0.2) is 36.5 Å². The van der Waals surface area contributed by atoms with Gasteiger partial charge in [0.15, 0.2) is 6.10 Å². The van der Waals surface area contributed by atoms with Gasteiger partial charge in [0, 0.05) is 11.8 Å². The zero-order chi connectivity index (χ0) is 18.5. The Hall–Kier alpha value is -2.81. The molecular weight excluding hydrogens is 353 g/mol. The van der Waals surface area contributed by atoms with Crippen molar-refractivity contribution in [2.75, 3.05) is 18.1 Å². The van der Waals surface area contributed by atoms with Crippen LogP contribution in [0.4, 0.5) is 23.7 Å². The number of nitrogens with zero attached hydrogens (tertiary/aromatic N) is 2. The molecule has 0 saturated carbocycles. The maximum atomic E-state index is 12.6. The number of aromatic nitrogens is 1. The van der Waals surface area contributed by atoms with Crippen molar-refractivity contribution in [3.8, 4) is 16.9 Å². The van der Waals surface area contributed by atoms with Crippen molar-refractivity contribution in [2.24, 2.45) is 0 Å². The number of cyclic esters (lactones) is 1. The van der Waals surface area contributed by atoms with E-state index in [1.165, 1.54) is 11.0 Å². The summed E-state index contributed by atoms with van der Waals surface area (Å²) in [5.41, 5.74) is 0.623. The summed E-state index contributed by atoms with van der Waals surface area (Å²) in [5.74, 6) is 0.411. The lowest BCUT2D eigenvalue weighted by molar-refractivity contribution is -0.141. The summed E-state index contributed by atoms with van der Waals surface area (Å²) in [6, 6.07) is 6.75. The van der Waals surface area contributed by atoms with Crippen LogP contribution in [0.1, 0.15) is 5.69 Å². The van der Waals surface area contributed by atoms with Crippen LogP contribution in [0, 0.1) is 0 Å². The van der Waals surface area contributed by atoms with Crippen molar-refractivity contribution >= 4 is 11.8 Å². The number of aliphatic hydroxyl groups excluding tert-OH is 1. The third kappa shape index (κ3) is 2.64. The van der Waals surface area contributed by atoms with Crippen molar-refractivity contribution in [3.05, 3.63) is 42.2 Å². The molecule has 3 heterocycles. The SMILES string of the molecule is O=C1O[C@@H](CO)[C@@H]2COc3cc(-c4ccc(C(F)(F)F)nc4)ccc3N12. The Bertz CT molecular complexity index is 854. The number of carbonyl (C=O) groups is 1. The van der Waals surface area contributed by atoms with Crippen molar-refractivity contribution in [1.82, 2.24) is 4.98 Å². The number of anilines is 1. The molecule has 0 aliphatic carbocycles. The molecule has 0 bridgehead atoms. The second-order valence-corrected chi connectivity index (χ2v) is 5.97. The summed E-state index contributed by atoms with van der Waals surface area (Å²) >= 11 is 0. The second kappa shape index (κ2) is 5.87. The van der Waals surface area contributed by atoms with E-state index in [0.29, 0.717) is 22.6 Å². The van der Waals surface area contributed by atoms with Crippen LogP contribution in [-0.4, -0.2) is 41.5 Å². The largest absolute Gasteiger partial charge is 0.489 e. The minimum absolute atomic E-state index is 0.151. The van der Waals surface area contributed by atoms with Gasteiger partial charge in [-0.15, -0.1) is 0 Å². The van der Waals surface area contributed by atoms with Crippen LogP contribution < -0.4 is 9.64 Å². The summed E-state index contributed by atoms with van der Waals surface area (Å²) in [6.07, 6.45) is -4.58. The number of pyridine rings is 1. The number of alkyl halides is 3. The lowest BCUT2D eigenvalue weighted by Crippen LogP contribution is -2.45. The standard InChI is InChI=1S/C17H13F3N2O4/c18-17(19,20)15-4-2-10(6-21-15)9-1-3-11-13(5-9)25-8-12-14(7-23)26-16(24)22(11)12/h1-6,12,14,23H,7-8H2/t12-,14-/m0/s1. The molecule has 4 rings (SSSR count). The van der Waals surface area contributed by atoms with Gasteiger partial charge in [0.05, 0.1) is 12.3 Å². The number of halogens is 3. The van der Waals surface area contributed by atoms with Crippen molar-refractivity contribution in [3.63, 3.8) is 0 Å². The highest BCUT2D eigenvalue weighted by molar-refractivity contribution is 5.94. The van der Waals surface area contributed by atoms with Crippen LogP contribution in [0.5, 0.6) is 5.75 Å². The number of carbonyl (C=O) groups excluding carboxylic acids is 1. The van der Waals surface area contributed by atoms with Crippen LogP contribution in [-0.2, 0) is 10.9 Å². The fraction of sp³-hybridized carbons (Fsp3) is 0.294. The van der Waals surface area contributed by atoms with Gasteiger partial charge in [-0.3, -0.25) is 9.88 Å². The summed E-state index contributed by atoms with van der Waals surface area (Å²) in [7, 11) is 0. The van der Waals surface area contributed by atoms with Gasteiger partial charge in [-0.2, -0.15) is 13.2 Å². The summed E-state index contributed by atoms with van der Waals surface area (Å²) in [5, 5.41) is 9.30. The zero-order valence-corrected chi connectivity index (χ0v) is 13.2. The van der Waals surface area contributed by atoms with E-state index in [1.807, 2.05) is 0 Å². The Morgan fingerprint density at radius 1 is 1.23 bits per heavy atom. The topological polar surface area (TPSA) is 71.9 Å². The van der Waals surface area contributed by atoms with E-state index in [4.69, 9.17) is 9.47 Å². The number of amides is 1. The monoisotopic (exact) mass is 366 g/mol.